The van der Waals surface area contributed by atoms with Crippen LogP contribution in [0.1, 0.15) is 37.7 Å². The number of ketones is 1. The SMILES string of the molecule is Cc1cccc(C)c1OCc1nnc(SCC(=O)C(C)(C)C)n1-c1ccccc1. The van der Waals surface area contributed by atoms with Crippen molar-refractivity contribution in [2.24, 2.45) is 5.41 Å². The summed E-state index contributed by atoms with van der Waals surface area (Å²) in [6.07, 6.45) is 0. The minimum absolute atomic E-state index is 0.179. The van der Waals surface area contributed by atoms with Crippen LogP contribution >= 0.6 is 11.8 Å². The number of hydrogen-bond acceptors (Lipinski definition) is 5. The molecule has 29 heavy (non-hydrogen) atoms. The second-order valence-electron chi connectivity index (χ2n) is 8.04. The number of hydrogen-bond donors (Lipinski definition) is 0. The summed E-state index contributed by atoms with van der Waals surface area (Å²) in [5.74, 6) is 2.10. The van der Waals surface area contributed by atoms with Crippen LogP contribution in [0, 0.1) is 19.3 Å². The molecule has 152 valence electrons. The third kappa shape index (κ3) is 5.07. The summed E-state index contributed by atoms with van der Waals surface area (Å²) in [7, 11) is 0. The highest BCUT2D eigenvalue weighted by atomic mass is 32.2. The Balaban J connectivity index is 1.87. The minimum atomic E-state index is -0.376. The standard InChI is InChI=1S/C23H27N3O2S/c1-16-10-9-11-17(2)21(16)28-14-20-24-25-22(29-15-19(27)23(3,4)5)26(20)18-12-7-6-8-13-18/h6-13H,14-15H2,1-5H3. The van der Waals surface area contributed by atoms with Crippen molar-refractivity contribution >= 4 is 17.5 Å². The summed E-state index contributed by atoms with van der Waals surface area (Å²) in [6, 6.07) is 16.0. The normalized spacial score (nSPS) is 11.5. The molecule has 0 amide bonds. The molecule has 6 heteroatoms. The van der Waals surface area contributed by atoms with Gasteiger partial charge in [-0.3, -0.25) is 9.36 Å². The highest BCUT2D eigenvalue weighted by molar-refractivity contribution is 7.99. The number of aromatic nitrogens is 3. The molecule has 0 saturated carbocycles. The van der Waals surface area contributed by atoms with E-state index in [0.29, 0.717) is 23.3 Å². The van der Waals surface area contributed by atoms with E-state index in [1.54, 1.807) is 0 Å². The van der Waals surface area contributed by atoms with Gasteiger partial charge in [-0.2, -0.15) is 0 Å². The Hall–Kier alpha value is -2.60. The molecule has 3 aromatic rings. The maximum atomic E-state index is 12.4. The van der Waals surface area contributed by atoms with Crippen molar-refractivity contribution < 1.29 is 9.53 Å². The Morgan fingerprint density at radius 1 is 1.00 bits per heavy atom. The molecule has 3 rings (SSSR count). The maximum Gasteiger partial charge on any atom is 0.196 e. The highest BCUT2D eigenvalue weighted by Gasteiger charge is 2.23. The lowest BCUT2D eigenvalue weighted by atomic mass is 9.92. The van der Waals surface area contributed by atoms with Gasteiger partial charge in [-0.05, 0) is 37.1 Å². The number of Topliss-reactive ketones (excluding diaryl/α,β-unsaturated/α-hetero) is 1. The van der Waals surface area contributed by atoms with Crippen molar-refractivity contribution in [2.45, 2.75) is 46.4 Å². The van der Waals surface area contributed by atoms with Crippen molar-refractivity contribution in [2.75, 3.05) is 5.75 Å². The smallest absolute Gasteiger partial charge is 0.196 e. The number of aryl methyl sites for hydroxylation is 2. The predicted octanol–water partition coefficient (Wildman–Crippen LogP) is 5.17. The van der Waals surface area contributed by atoms with Crippen molar-refractivity contribution in [3.8, 4) is 11.4 Å². The Morgan fingerprint density at radius 3 is 2.28 bits per heavy atom. The molecule has 0 unspecified atom stereocenters. The second kappa shape index (κ2) is 8.82. The first kappa shape index (κ1) is 21.1. The molecule has 5 nitrogen and oxygen atoms in total. The van der Waals surface area contributed by atoms with Gasteiger partial charge in [0.15, 0.2) is 11.0 Å². The lowest BCUT2D eigenvalue weighted by Crippen LogP contribution is -2.22. The van der Waals surface area contributed by atoms with Gasteiger partial charge < -0.3 is 4.74 Å². The zero-order valence-electron chi connectivity index (χ0n) is 17.6. The Bertz CT molecular complexity index is 971. The summed E-state index contributed by atoms with van der Waals surface area (Å²) in [5.41, 5.74) is 2.74. The summed E-state index contributed by atoms with van der Waals surface area (Å²) in [5, 5.41) is 9.40. The van der Waals surface area contributed by atoms with Gasteiger partial charge in [0.25, 0.3) is 0 Å². The van der Waals surface area contributed by atoms with Crippen LogP contribution in [-0.4, -0.2) is 26.3 Å². The predicted molar refractivity (Wildman–Crippen MR) is 117 cm³/mol. The van der Waals surface area contributed by atoms with Crippen molar-refractivity contribution in [3.05, 3.63) is 65.5 Å². The van der Waals surface area contributed by atoms with E-state index in [1.165, 1.54) is 11.8 Å². The first-order valence-electron chi connectivity index (χ1n) is 9.62. The zero-order chi connectivity index (χ0) is 21.0. The summed E-state index contributed by atoms with van der Waals surface area (Å²) < 4.78 is 8.08. The van der Waals surface area contributed by atoms with Crippen molar-refractivity contribution in [1.82, 2.24) is 14.8 Å². The lowest BCUT2D eigenvalue weighted by molar-refractivity contribution is -0.123. The van der Waals surface area contributed by atoms with Crippen LogP contribution in [0.3, 0.4) is 0 Å². The highest BCUT2D eigenvalue weighted by Crippen LogP contribution is 2.27. The van der Waals surface area contributed by atoms with Gasteiger partial charge in [0.2, 0.25) is 0 Å². The molecule has 0 aliphatic carbocycles. The molecule has 2 aromatic carbocycles. The first-order valence-corrected chi connectivity index (χ1v) is 10.6. The Kier molecular flexibility index (Phi) is 6.42. The van der Waals surface area contributed by atoms with Gasteiger partial charge in [-0.15, -0.1) is 10.2 Å². The van der Waals surface area contributed by atoms with E-state index in [9.17, 15) is 4.79 Å². The molecule has 0 aliphatic heterocycles. The van der Waals surface area contributed by atoms with E-state index < -0.39 is 0 Å². The molecule has 1 heterocycles. The van der Waals surface area contributed by atoms with Crippen LogP contribution in [0.4, 0.5) is 0 Å². The van der Waals surface area contributed by atoms with Gasteiger partial charge >= 0.3 is 0 Å². The molecule has 0 bridgehead atoms. The first-order chi connectivity index (χ1) is 13.8. The third-order valence-electron chi connectivity index (χ3n) is 4.64. The Labute approximate surface area is 176 Å². The van der Waals surface area contributed by atoms with Crippen LogP contribution in [0.5, 0.6) is 5.75 Å². The van der Waals surface area contributed by atoms with Gasteiger partial charge in [0.05, 0.1) is 5.75 Å². The summed E-state index contributed by atoms with van der Waals surface area (Å²) >= 11 is 1.41. The largest absolute Gasteiger partial charge is 0.485 e. The second-order valence-corrected chi connectivity index (χ2v) is 8.98. The number of carbonyl (C=O) groups excluding carboxylic acids is 1. The average Bonchev–Trinajstić information content (AvgIpc) is 3.08. The van der Waals surface area contributed by atoms with E-state index in [0.717, 1.165) is 22.6 Å². The fraction of sp³-hybridized carbons (Fsp3) is 0.348. The topological polar surface area (TPSA) is 57.0 Å². The Morgan fingerprint density at radius 2 is 1.66 bits per heavy atom. The fourth-order valence-electron chi connectivity index (χ4n) is 2.83. The van der Waals surface area contributed by atoms with Crippen LogP contribution in [0.2, 0.25) is 0 Å². The molecule has 0 fully saturated rings. The zero-order valence-corrected chi connectivity index (χ0v) is 18.4. The van der Waals surface area contributed by atoms with E-state index >= 15 is 0 Å². The molecule has 0 N–H and O–H groups in total. The number of rotatable bonds is 7. The van der Waals surface area contributed by atoms with Gasteiger partial charge in [0.1, 0.15) is 18.1 Å². The number of thioether (sulfide) groups is 1. The van der Waals surface area contributed by atoms with E-state index in [1.807, 2.05) is 87.7 Å². The summed E-state index contributed by atoms with van der Waals surface area (Å²) in [6.45, 7) is 10.2. The molecular weight excluding hydrogens is 382 g/mol. The number of carbonyl (C=O) groups is 1. The molecular formula is C23H27N3O2S. The molecule has 0 radical (unpaired) electrons. The number of nitrogens with zero attached hydrogens (tertiary/aromatic N) is 3. The van der Waals surface area contributed by atoms with Crippen LogP contribution in [0.25, 0.3) is 5.69 Å². The lowest BCUT2D eigenvalue weighted by Gasteiger charge is -2.16. The molecule has 0 saturated heterocycles. The van der Waals surface area contributed by atoms with Gasteiger partial charge in [0, 0.05) is 11.1 Å². The van der Waals surface area contributed by atoms with E-state index in [-0.39, 0.29) is 11.2 Å². The monoisotopic (exact) mass is 409 g/mol. The number of ether oxygens (including phenoxy) is 1. The number of para-hydroxylation sites is 2. The van der Waals surface area contributed by atoms with Gasteiger partial charge in [-0.25, -0.2) is 0 Å². The summed E-state index contributed by atoms with van der Waals surface area (Å²) in [4.78, 5) is 12.4. The molecule has 0 spiro atoms. The van der Waals surface area contributed by atoms with Gasteiger partial charge in [-0.1, -0.05) is 68.9 Å². The maximum absolute atomic E-state index is 12.4. The fourth-order valence-corrected chi connectivity index (χ4v) is 3.97. The minimum Gasteiger partial charge on any atom is -0.485 e. The number of benzene rings is 2. The van der Waals surface area contributed by atoms with E-state index in [4.69, 9.17) is 4.74 Å². The molecule has 1 aromatic heterocycles. The molecule has 0 atom stereocenters. The molecule has 0 aliphatic rings. The van der Waals surface area contributed by atoms with Crippen LogP contribution in [-0.2, 0) is 11.4 Å². The van der Waals surface area contributed by atoms with E-state index in [2.05, 4.69) is 10.2 Å². The third-order valence-corrected chi connectivity index (χ3v) is 5.57. The van der Waals surface area contributed by atoms with Crippen molar-refractivity contribution in [1.29, 1.82) is 0 Å². The quantitative estimate of drug-likeness (QED) is 0.504. The van der Waals surface area contributed by atoms with Crippen molar-refractivity contribution in [3.63, 3.8) is 0 Å². The van der Waals surface area contributed by atoms with Crippen LogP contribution < -0.4 is 4.74 Å². The van der Waals surface area contributed by atoms with Crippen LogP contribution in [0.15, 0.2) is 53.7 Å². The average molecular weight is 410 g/mol.